The molecule has 2 N–H and O–H groups in total. The third-order valence-electron chi connectivity index (χ3n) is 4.12. The van der Waals surface area contributed by atoms with E-state index in [1.807, 2.05) is 36.5 Å². The van der Waals surface area contributed by atoms with Crippen LogP contribution in [-0.2, 0) is 0 Å². The van der Waals surface area contributed by atoms with Gasteiger partial charge < -0.3 is 23.1 Å². The number of aromatic nitrogens is 2. The molecule has 1 aliphatic carbocycles. The number of carbonyl (C=O) groups is 1. The summed E-state index contributed by atoms with van der Waals surface area (Å²) < 4.78 is 3.80. The SMILES string of the molecule is O=C(NC1C[CH-]CC[CH-]C1)c1ccc2cc[nH]c2c1.[CH2-]c1ccns1.[K+]. The number of carbonyl (C=O) groups excluding carboxylic acids is 1. The van der Waals surface area contributed by atoms with E-state index < -0.39 is 0 Å². The molecule has 26 heavy (non-hydrogen) atoms. The predicted molar refractivity (Wildman–Crippen MR) is 103 cm³/mol. The van der Waals surface area contributed by atoms with Crippen LogP contribution in [0.25, 0.3) is 10.9 Å². The Morgan fingerprint density at radius 1 is 1.23 bits per heavy atom. The number of H-pyrrole nitrogens is 1. The number of aromatic amines is 1. The molecule has 0 radical (unpaired) electrons. The standard InChI is InChI=1S/C16H18N2O.C4H4NS.K/c19-16(18-14-5-3-1-2-4-6-14)13-8-7-12-9-10-17-15(12)11-13;1-4-2-3-5-6-4;/h3-4,7-11,14,17H,1-2,5-6H2,(H,18,19);2-3H,1H2;/q-2;-1;+1. The van der Waals surface area contributed by atoms with Gasteiger partial charge in [-0.25, -0.2) is 24.1 Å². The molecule has 0 unspecified atom stereocenters. The number of nitrogens with zero attached hydrogens (tertiary/aromatic N) is 1. The minimum Gasteiger partial charge on any atom is -0.361 e. The van der Waals surface area contributed by atoms with Crippen LogP contribution in [0, 0.1) is 19.8 Å². The van der Waals surface area contributed by atoms with Crippen LogP contribution in [0.1, 0.15) is 40.9 Å². The smallest absolute Gasteiger partial charge is 0.361 e. The Kier molecular flexibility index (Phi) is 9.39. The van der Waals surface area contributed by atoms with Gasteiger partial charge in [-0.05, 0) is 35.8 Å². The number of nitrogens with one attached hydrogen (secondary N) is 2. The Morgan fingerprint density at radius 3 is 2.62 bits per heavy atom. The number of benzene rings is 1. The van der Waals surface area contributed by atoms with Crippen LogP contribution in [-0.4, -0.2) is 21.3 Å². The van der Waals surface area contributed by atoms with Crippen molar-refractivity contribution in [3.8, 4) is 0 Å². The topological polar surface area (TPSA) is 57.8 Å². The van der Waals surface area contributed by atoms with Crippen molar-refractivity contribution in [1.82, 2.24) is 14.7 Å². The maximum Gasteiger partial charge on any atom is 1.00 e. The molecule has 4 rings (SSSR count). The zero-order valence-electron chi connectivity index (χ0n) is 15.1. The molecule has 1 amide bonds. The number of hydrogen-bond donors (Lipinski definition) is 2. The largest absolute Gasteiger partial charge is 1.00 e. The van der Waals surface area contributed by atoms with Crippen molar-refractivity contribution in [2.24, 2.45) is 0 Å². The van der Waals surface area contributed by atoms with E-state index in [1.54, 1.807) is 6.20 Å². The first-order chi connectivity index (χ1) is 12.2. The van der Waals surface area contributed by atoms with Gasteiger partial charge in [-0.3, -0.25) is 4.79 Å². The molecule has 0 atom stereocenters. The maximum absolute atomic E-state index is 12.2. The van der Waals surface area contributed by atoms with Crippen LogP contribution in [0.3, 0.4) is 0 Å². The number of rotatable bonds is 2. The molecule has 2 aromatic heterocycles. The summed E-state index contributed by atoms with van der Waals surface area (Å²) in [4.78, 5) is 16.4. The molecule has 4 nitrogen and oxygen atoms in total. The summed E-state index contributed by atoms with van der Waals surface area (Å²) >= 11 is 1.42. The van der Waals surface area contributed by atoms with Crippen LogP contribution in [0.5, 0.6) is 0 Å². The molecule has 3 aromatic rings. The molecular formula is C20H22KN3OS-2. The molecule has 1 fully saturated rings. The summed E-state index contributed by atoms with van der Waals surface area (Å²) in [6.45, 7) is 3.64. The number of hydrogen-bond acceptors (Lipinski definition) is 3. The molecule has 132 valence electrons. The van der Waals surface area contributed by atoms with Gasteiger partial charge in [0.1, 0.15) is 0 Å². The van der Waals surface area contributed by atoms with E-state index >= 15 is 0 Å². The van der Waals surface area contributed by atoms with Gasteiger partial charge in [0, 0.05) is 17.3 Å². The molecule has 1 aromatic carbocycles. The maximum atomic E-state index is 12.2. The minimum atomic E-state index is 0. The van der Waals surface area contributed by atoms with Gasteiger partial charge in [0.05, 0.1) is 0 Å². The first kappa shape index (κ1) is 21.7. The zero-order chi connectivity index (χ0) is 17.5. The number of amides is 1. The second-order valence-corrected chi connectivity index (χ2v) is 6.97. The van der Waals surface area contributed by atoms with Crippen LogP contribution in [0.4, 0.5) is 0 Å². The first-order valence-electron chi connectivity index (χ1n) is 8.46. The molecule has 0 aliphatic heterocycles. The molecular weight excluding hydrogens is 369 g/mol. The summed E-state index contributed by atoms with van der Waals surface area (Å²) in [6, 6.07) is 9.90. The van der Waals surface area contributed by atoms with Gasteiger partial charge in [-0.2, -0.15) is 18.9 Å². The second-order valence-electron chi connectivity index (χ2n) is 6.05. The van der Waals surface area contributed by atoms with E-state index in [0.717, 1.165) is 47.0 Å². The Balaban J connectivity index is 0.000000297. The molecule has 1 saturated carbocycles. The van der Waals surface area contributed by atoms with Gasteiger partial charge in [0.2, 0.25) is 0 Å². The van der Waals surface area contributed by atoms with Crippen molar-refractivity contribution in [2.75, 3.05) is 0 Å². The zero-order valence-corrected chi connectivity index (χ0v) is 19.0. The van der Waals surface area contributed by atoms with Gasteiger partial charge in [0.25, 0.3) is 5.91 Å². The second kappa shape index (κ2) is 11.3. The summed E-state index contributed by atoms with van der Waals surface area (Å²) in [5, 5.41) is 4.25. The van der Waals surface area contributed by atoms with Crippen molar-refractivity contribution in [3.05, 3.63) is 72.9 Å². The fourth-order valence-corrected chi connectivity index (χ4v) is 3.17. The fourth-order valence-electron chi connectivity index (χ4n) is 2.79. The first-order valence-corrected chi connectivity index (χ1v) is 9.23. The summed E-state index contributed by atoms with van der Waals surface area (Å²) in [5.74, 6) is 0.0187. The van der Waals surface area contributed by atoms with Crippen molar-refractivity contribution in [3.63, 3.8) is 0 Å². The van der Waals surface area contributed by atoms with E-state index in [0.29, 0.717) is 0 Å². The van der Waals surface area contributed by atoms with Gasteiger partial charge in [-0.1, -0.05) is 17.6 Å². The molecule has 0 bridgehead atoms. The Bertz CT molecular complexity index is 792. The summed E-state index contributed by atoms with van der Waals surface area (Å²) in [6.07, 6.45) is 12.3. The minimum absolute atomic E-state index is 0. The molecule has 0 spiro atoms. The van der Waals surface area contributed by atoms with Crippen molar-refractivity contribution in [1.29, 1.82) is 0 Å². The Labute approximate surface area is 201 Å². The molecule has 0 saturated heterocycles. The quantitative estimate of drug-likeness (QED) is 0.396. The average molecular weight is 392 g/mol. The van der Waals surface area contributed by atoms with E-state index in [2.05, 4.69) is 34.4 Å². The monoisotopic (exact) mass is 391 g/mol. The summed E-state index contributed by atoms with van der Waals surface area (Å²) in [7, 11) is 0. The predicted octanol–water partition coefficient (Wildman–Crippen LogP) is 1.58. The fraction of sp³-hybridized carbons (Fsp3) is 0.250. The summed E-state index contributed by atoms with van der Waals surface area (Å²) in [5.41, 5.74) is 1.73. The molecule has 1 aliphatic rings. The van der Waals surface area contributed by atoms with Gasteiger partial charge in [0.15, 0.2) is 0 Å². The average Bonchev–Trinajstić information content (AvgIpc) is 3.21. The van der Waals surface area contributed by atoms with Crippen LogP contribution in [0.15, 0.2) is 42.7 Å². The van der Waals surface area contributed by atoms with Crippen LogP contribution < -0.4 is 56.7 Å². The van der Waals surface area contributed by atoms with Crippen LogP contribution in [0.2, 0.25) is 0 Å². The van der Waals surface area contributed by atoms with E-state index in [4.69, 9.17) is 0 Å². The number of fused-ring (bicyclic) bond motifs is 1. The van der Waals surface area contributed by atoms with Crippen molar-refractivity contribution >= 4 is 28.3 Å². The Hall–Kier alpha value is -0.634. The van der Waals surface area contributed by atoms with Gasteiger partial charge >= 0.3 is 51.4 Å². The van der Waals surface area contributed by atoms with Crippen molar-refractivity contribution < 1.29 is 56.2 Å². The third kappa shape index (κ3) is 6.51. The molecule has 6 heteroatoms. The molecule has 2 heterocycles. The Morgan fingerprint density at radius 2 is 2.00 bits per heavy atom. The van der Waals surface area contributed by atoms with E-state index in [9.17, 15) is 4.79 Å². The van der Waals surface area contributed by atoms with Gasteiger partial charge in [-0.15, -0.1) is 4.88 Å². The van der Waals surface area contributed by atoms with Crippen LogP contribution >= 0.6 is 11.5 Å². The van der Waals surface area contributed by atoms with E-state index in [1.165, 1.54) is 11.5 Å². The normalized spacial score (nSPS) is 14.6. The third-order valence-corrected chi connectivity index (χ3v) is 4.72. The van der Waals surface area contributed by atoms with E-state index in [-0.39, 0.29) is 63.3 Å². The van der Waals surface area contributed by atoms with Crippen molar-refractivity contribution in [2.45, 2.75) is 31.7 Å².